The first-order valence-corrected chi connectivity index (χ1v) is 13.5. The molecule has 5 aliphatic rings. The molecule has 7 heteroatoms. The minimum Gasteiger partial charge on any atom is -0.490 e. The van der Waals surface area contributed by atoms with Crippen molar-refractivity contribution in [3.63, 3.8) is 0 Å². The van der Waals surface area contributed by atoms with Gasteiger partial charge in [-0.25, -0.2) is 0 Å². The predicted molar refractivity (Wildman–Crippen MR) is 136 cm³/mol. The number of hydrogen-bond acceptors (Lipinski definition) is 7. The highest BCUT2D eigenvalue weighted by atomic mass is 16.6. The van der Waals surface area contributed by atoms with E-state index in [1.807, 2.05) is 0 Å². The standard InChI is InChI=1S/C30H34O7/c1-4-20(9-24-13-32-24)29(21(5-1)10-25-14-33-25)31-6-2-3-19-7-22(11-26-15-34-26)30(37-18-28-17-36-28)23(8-19)12-27-16-35-27/h1-5,7-8,24-28H,6,9-18H2/b3-2+. The zero-order chi connectivity index (χ0) is 24.6. The molecule has 7 nitrogen and oxygen atoms in total. The van der Waals surface area contributed by atoms with E-state index in [1.54, 1.807) is 0 Å². The van der Waals surface area contributed by atoms with Crippen LogP contribution < -0.4 is 9.47 Å². The van der Waals surface area contributed by atoms with Gasteiger partial charge in [0.05, 0.1) is 57.5 Å². The van der Waals surface area contributed by atoms with Crippen molar-refractivity contribution in [1.82, 2.24) is 0 Å². The van der Waals surface area contributed by atoms with Crippen molar-refractivity contribution in [1.29, 1.82) is 0 Å². The smallest absolute Gasteiger partial charge is 0.126 e. The van der Waals surface area contributed by atoms with Gasteiger partial charge in [0.2, 0.25) is 0 Å². The molecule has 0 aliphatic carbocycles. The molecular weight excluding hydrogens is 472 g/mol. The summed E-state index contributed by atoms with van der Waals surface area (Å²) in [5.74, 6) is 1.97. The van der Waals surface area contributed by atoms with E-state index in [0.717, 1.165) is 75.8 Å². The van der Waals surface area contributed by atoms with Crippen LogP contribution in [0.25, 0.3) is 6.08 Å². The molecule has 0 radical (unpaired) electrons. The van der Waals surface area contributed by atoms with Gasteiger partial charge < -0.3 is 33.2 Å². The lowest BCUT2D eigenvalue weighted by Crippen LogP contribution is -2.11. The molecule has 196 valence electrons. The van der Waals surface area contributed by atoms with Crippen LogP contribution in [0.15, 0.2) is 36.4 Å². The fourth-order valence-corrected chi connectivity index (χ4v) is 4.89. The molecule has 0 spiro atoms. The zero-order valence-corrected chi connectivity index (χ0v) is 21.1. The van der Waals surface area contributed by atoms with E-state index in [-0.39, 0.29) is 18.3 Å². The van der Waals surface area contributed by atoms with Crippen molar-refractivity contribution in [3.05, 3.63) is 64.2 Å². The Bertz CT molecular complexity index is 1070. The summed E-state index contributed by atoms with van der Waals surface area (Å²) in [5, 5.41) is 0. The summed E-state index contributed by atoms with van der Waals surface area (Å²) in [4.78, 5) is 0. The van der Waals surface area contributed by atoms with Crippen LogP contribution in [0.1, 0.15) is 27.8 Å². The van der Waals surface area contributed by atoms with Crippen molar-refractivity contribution in [3.8, 4) is 11.5 Å². The van der Waals surface area contributed by atoms with E-state index in [9.17, 15) is 0 Å². The summed E-state index contributed by atoms with van der Waals surface area (Å²) in [5.41, 5.74) is 5.98. The first-order valence-electron chi connectivity index (χ1n) is 13.5. The zero-order valence-electron chi connectivity index (χ0n) is 21.1. The monoisotopic (exact) mass is 506 g/mol. The van der Waals surface area contributed by atoms with Gasteiger partial charge in [0.25, 0.3) is 0 Å². The normalized spacial score (nSPS) is 28.8. The van der Waals surface area contributed by atoms with Crippen LogP contribution in [-0.2, 0) is 49.4 Å². The first-order chi connectivity index (χ1) is 18.3. The summed E-state index contributed by atoms with van der Waals surface area (Å²) in [6, 6.07) is 10.9. The fraction of sp³-hybridized carbons (Fsp3) is 0.533. The predicted octanol–water partition coefficient (Wildman–Crippen LogP) is 3.32. The van der Waals surface area contributed by atoms with Gasteiger partial charge in [-0.15, -0.1) is 0 Å². The maximum atomic E-state index is 6.38. The van der Waals surface area contributed by atoms with Gasteiger partial charge in [0.15, 0.2) is 0 Å². The van der Waals surface area contributed by atoms with Crippen molar-refractivity contribution in [2.24, 2.45) is 0 Å². The number of para-hydroxylation sites is 1. The van der Waals surface area contributed by atoms with Gasteiger partial charge in [0, 0.05) is 25.7 Å². The van der Waals surface area contributed by atoms with E-state index in [0.29, 0.717) is 25.4 Å². The Hall–Kier alpha value is -2.42. The van der Waals surface area contributed by atoms with Gasteiger partial charge in [-0.05, 0) is 46.0 Å². The third-order valence-electron chi connectivity index (χ3n) is 7.29. The van der Waals surface area contributed by atoms with E-state index in [1.165, 1.54) is 22.3 Å². The van der Waals surface area contributed by atoms with E-state index < -0.39 is 0 Å². The molecule has 0 aromatic heterocycles. The van der Waals surface area contributed by atoms with Crippen LogP contribution in [-0.4, -0.2) is 76.8 Å². The lowest BCUT2D eigenvalue weighted by atomic mass is 9.97. The van der Waals surface area contributed by atoms with E-state index in [2.05, 4.69) is 42.5 Å². The third-order valence-corrected chi connectivity index (χ3v) is 7.29. The quantitative estimate of drug-likeness (QED) is 0.343. The topological polar surface area (TPSA) is 81.1 Å². The Balaban J connectivity index is 1.08. The Kier molecular flexibility index (Phi) is 6.65. The highest BCUT2D eigenvalue weighted by Gasteiger charge is 2.31. The largest absolute Gasteiger partial charge is 0.490 e. The molecule has 5 saturated heterocycles. The molecule has 0 bridgehead atoms. The molecule has 2 aromatic carbocycles. The average Bonchev–Trinajstić information content (AvgIpc) is 3.66. The molecule has 37 heavy (non-hydrogen) atoms. The van der Waals surface area contributed by atoms with Crippen molar-refractivity contribution in [2.45, 2.75) is 56.2 Å². The highest BCUT2D eigenvalue weighted by Crippen LogP contribution is 2.34. The SMILES string of the molecule is C(=C\c1cc(CC2CO2)c(OCC2CO2)c(CC2CO2)c1)/COc1c(CC2CO2)cccc1CC1CO1. The van der Waals surface area contributed by atoms with Crippen LogP contribution >= 0.6 is 0 Å². The molecule has 5 fully saturated rings. The highest BCUT2D eigenvalue weighted by molar-refractivity contribution is 5.57. The van der Waals surface area contributed by atoms with Crippen LogP contribution in [0, 0.1) is 0 Å². The van der Waals surface area contributed by atoms with Crippen LogP contribution in [0.4, 0.5) is 0 Å². The van der Waals surface area contributed by atoms with Crippen LogP contribution in [0.3, 0.4) is 0 Å². The maximum absolute atomic E-state index is 6.38. The molecule has 0 saturated carbocycles. The van der Waals surface area contributed by atoms with Crippen LogP contribution in [0.2, 0.25) is 0 Å². The number of ether oxygens (including phenoxy) is 7. The molecular formula is C30H34O7. The van der Waals surface area contributed by atoms with Gasteiger partial charge in [-0.2, -0.15) is 0 Å². The minimum absolute atomic E-state index is 0.220. The molecule has 0 N–H and O–H groups in total. The molecule has 0 amide bonds. The summed E-state index contributed by atoms with van der Waals surface area (Å²) in [6.07, 6.45) is 9.19. The first kappa shape index (κ1) is 23.7. The summed E-state index contributed by atoms with van der Waals surface area (Å²) in [6.45, 7) is 5.20. The lowest BCUT2D eigenvalue weighted by molar-refractivity contribution is 0.257. The van der Waals surface area contributed by atoms with Gasteiger partial charge >= 0.3 is 0 Å². The Morgan fingerprint density at radius 1 is 0.622 bits per heavy atom. The van der Waals surface area contributed by atoms with Crippen LogP contribution in [0.5, 0.6) is 11.5 Å². The molecule has 5 aliphatic heterocycles. The second-order valence-corrected chi connectivity index (χ2v) is 10.7. The van der Waals surface area contributed by atoms with Gasteiger partial charge in [-0.3, -0.25) is 0 Å². The van der Waals surface area contributed by atoms with Gasteiger partial charge in [-0.1, -0.05) is 24.3 Å². The molecule has 2 aromatic rings. The molecule has 5 unspecified atom stereocenters. The number of hydrogen-bond donors (Lipinski definition) is 0. The number of rotatable bonds is 15. The lowest BCUT2D eigenvalue weighted by Gasteiger charge is -2.17. The molecule has 5 heterocycles. The van der Waals surface area contributed by atoms with E-state index in [4.69, 9.17) is 33.2 Å². The fourth-order valence-electron chi connectivity index (χ4n) is 4.89. The molecule has 5 atom stereocenters. The Labute approximate surface area is 217 Å². The second kappa shape index (κ2) is 10.4. The third kappa shape index (κ3) is 6.72. The Morgan fingerprint density at radius 3 is 1.57 bits per heavy atom. The number of benzene rings is 2. The maximum Gasteiger partial charge on any atom is 0.126 e. The van der Waals surface area contributed by atoms with Crippen molar-refractivity contribution >= 4 is 6.08 Å². The summed E-state index contributed by atoms with van der Waals surface area (Å²) >= 11 is 0. The number of epoxide rings is 5. The second-order valence-electron chi connectivity index (χ2n) is 10.7. The van der Waals surface area contributed by atoms with Crippen molar-refractivity contribution in [2.75, 3.05) is 46.2 Å². The Morgan fingerprint density at radius 2 is 1.08 bits per heavy atom. The van der Waals surface area contributed by atoms with Crippen molar-refractivity contribution < 1.29 is 33.2 Å². The minimum atomic E-state index is 0.220. The van der Waals surface area contributed by atoms with E-state index >= 15 is 0 Å². The average molecular weight is 507 g/mol. The summed E-state index contributed by atoms with van der Waals surface area (Å²) < 4.78 is 40.1. The summed E-state index contributed by atoms with van der Waals surface area (Å²) in [7, 11) is 0. The molecule has 7 rings (SSSR count). The van der Waals surface area contributed by atoms with Gasteiger partial charge in [0.1, 0.15) is 30.8 Å².